The van der Waals surface area contributed by atoms with Crippen molar-refractivity contribution >= 4 is 40.3 Å². The van der Waals surface area contributed by atoms with Gasteiger partial charge in [0.2, 0.25) is 5.91 Å². The van der Waals surface area contributed by atoms with Crippen molar-refractivity contribution in [2.45, 2.75) is 25.9 Å². The summed E-state index contributed by atoms with van der Waals surface area (Å²) in [7, 11) is 0. The quantitative estimate of drug-likeness (QED) is 0.451. The number of nitrogens with zero attached hydrogens (tertiary/aromatic N) is 4. The molecule has 1 saturated heterocycles. The molecule has 1 aromatic carbocycles. The van der Waals surface area contributed by atoms with Gasteiger partial charge in [-0.3, -0.25) is 9.59 Å². The van der Waals surface area contributed by atoms with E-state index in [-0.39, 0.29) is 17.6 Å². The van der Waals surface area contributed by atoms with Crippen LogP contribution in [0.5, 0.6) is 0 Å². The molecule has 2 amide bonds. The number of thioether (sulfide) groups is 1. The number of halogens is 1. The van der Waals surface area contributed by atoms with Crippen LogP contribution in [0.15, 0.2) is 59.3 Å². The average molecular weight is 480 g/mol. The van der Waals surface area contributed by atoms with Crippen LogP contribution in [0.3, 0.4) is 0 Å². The first kappa shape index (κ1) is 22.1. The summed E-state index contributed by atoms with van der Waals surface area (Å²) in [5.41, 5.74) is 1.53. The molecule has 0 bridgehead atoms. The lowest BCUT2D eigenvalue weighted by atomic mass is 10.1. The number of carbonyl (C=O) groups is 2. The van der Waals surface area contributed by atoms with Crippen LogP contribution in [0.4, 0.5) is 10.1 Å². The summed E-state index contributed by atoms with van der Waals surface area (Å²) in [5.74, 6) is -0.000224. The molecule has 0 radical (unpaired) electrons. The number of furan rings is 1. The van der Waals surface area contributed by atoms with E-state index in [2.05, 4.69) is 10.4 Å². The number of carbonyl (C=O) groups excluding carboxylic acids is 2. The standard InChI is InChI=1S/C24H22FN5O3S/c1-14(2)30-22-16(11-26-30)15(10-19(27-22)21-8-5-9-33-21)24(32)29-13-34-12-20(29)23(31)28-18-7-4-3-6-17(18)25/h3-11,14,20H,12-13H2,1-2H3,(H,28,31). The van der Waals surface area contributed by atoms with Crippen molar-refractivity contribution < 1.29 is 18.4 Å². The summed E-state index contributed by atoms with van der Waals surface area (Å²) in [6.07, 6.45) is 3.17. The van der Waals surface area contributed by atoms with E-state index in [1.54, 1.807) is 47.5 Å². The van der Waals surface area contributed by atoms with Crippen LogP contribution in [-0.4, -0.2) is 49.2 Å². The number of para-hydroxylation sites is 1. The predicted octanol–water partition coefficient (Wildman–Crippen LogP) is 4.57. The number of hydrogen-bond acceptors (Lipinski definition) is 6. The molecule has 174 valence electrons. The number of nitrogens with one attached hydrogen (secondary N) is 1. The van der Waals surface area contributed by atoms with Crippen molar-refractivity contribution in [3.63, 3.8) is 0 Å². The minimum absolute atomic E-state index is 0.0291. The summed E-state index contributed by atoms with van der Waals surface area (Å²) >= 11 is 1.47. The van der Waals surface area contributed by atoms with Gasteiger partial charge in [0.1, 0.15) is 17.6 Å². The Morgan fingerprint density at radius 2 is 2.06 bits per heavy atom. The maximum Gasteiger partial charge on any atom is 0.256 e. The van der Waals surface area contributed by atoms with Crippen LogP contribution in [-0.2, 0) is 4.79 Å². The zero-order chi connectivity index (χ0) is 23.8. The first-order valence-corrected chi connectivity index (χ1v) is 12.0. The predicted molar refractivity (Wildman–Crippen MR) is 128 cm³/mol. The number of fused-ring (bicyclic) bond motifs is 1. The molecule has 1 atom stereocenters. The molecule has 0 spiro atoms. The lowest BCUT2D eigenvalue weighted by Crippen LogP contribution is -2.44. The first-order chi connectivity index (χ1) is 16.4. The third-order valence-electron chi connectivity index (χ3n) is 5.64. The fraction of sp³-hybridized carbons (Fsp3) is 0.250. The fourth-order valence-electron chi connectivity index (χ4n) is 3.92. The molecule has 3 aromatic heterocycles. The molecule has 4 heterocycles. The Morgan fingerprint density at radius 3 is 2.79 bits per heavy atom. The van der Waals surface area contributed by atoms with E-state index in [1.807, 2.05) is 13.8 Å². The van der Waals surface area contributed by atoms with Gasteiger partial charge in [0.15, 0.2) is 11.4 Å². The molecule has 8 nitrogen and oxygen atoms in total. The minimum atomic E-state index is -0.743. The highest BCUT2D eigenvalue weighted by Gasteiger charge is 2.36. The van der Waals surface area contributed by atoms with Crippen LogP contribution in [0.25, 0.3) is 22.5 Å². The molecular formula is C24H22FN5O3S. The molecular weight excluding hydrogens is 457 g/mol. The molecule has 34 heavy (non-hydrogen) atoms. The monoisotopic (exact) mass is 479 g/mol. The SMILES string of the molecule is CC(C)n1ncc2c(C(=O)N3CSCC3C(=O)Nc3ccccc3F)cc(-c3ccco3)nc21. The molecule has 4 aromatic rings. The lowest BCUT2D eigenvalue weighted by Gasteiger charge is -2.23. The molecule has 5 rings (SSSR count). The number of rotatable bonds is 5. The van der Waals surface area contributed by atoms with E-state index in [0.717, 1.165) is 0 Å². The summed E-state index contributed by atoms with van der Waals surface area (Å²) < 4.78 is 21.3. The Morgan fingerprint density at radius 1 is 1.24 bits per heavy atom. The second kappa shape index (κ2) is 8.94. The molecule has 0 aliphatic carbocycles. The summed E-state index contributed by atoms with van der Waals surface area (Å²) in [6.45, 7) is 3.96. The van der Waals surface area contributed by atoms with Crippen LogP contribution in [0.2, 0.25) is 0 Å². The first-order valence-electron chi connectivity index (χ1n) is 10.8. The van der Waals surface area contributed by atoms with E-state index >= 15 is 0 Å². The Balaban J connectivity index is 1.52. The molecule has 1 aliphatic heterocycles. The zero-order valence-corrected chi connectivity index (χ0v) is 19.4. The fourth-order valence-corrected chi connectivity index (χ4v) is 5.07. The van der Waals surface area contributed by atoms with Crippen LogP contribution in [0, 0.1) is 5.82 Å². The van der Waals surface area contributed by atoms with Gasteiger partial charge in [-0.1, -0.05) is 12.1 Å². The van der Waals surface area contributed by atoms with Gasteiger partial charge in [0.05, 0.1) is 35.0 Å². The highest BCUT2D eigenvalue weighted by atomic mass is 32.2. The molecule has 1 aliphatic rings. The van der Waals surface area contributed by atoms with E-state index in [0.29, 0.717) is 39.7 Å². The van der Waals surface area contributed by atoms with Gasteiger partial charge in [-0.15, -0.1) is 11.8 Å². The Bertz CT molecular complexity index is 1370. The van der Waals surface area contributed by atoms with Gasteiger partial charge in [0.25, 0.3) is 5.91 Å². The van der Waals surface area contributed by atoms with Gasteiger partial charge in [-0.05, 0) is 44.2 Å². The summed E-state index contributed by atoms with van der Waals surface area (Å²) in [5, 5.41) is 7.64. The smallest absolute Gasteiger partial charge is 0.256 e. The van der Waals surface area contributed by atoms with E-state index in [9.17, 15) is 14.0 Å². The number of amides is 2. The second-order valence-corrected chi connectivity index (χ2v) is 9.21. The largest absolute Gasteiger partial charge is 0.463 e. The summed E-state index contributed by atoms with van der Waals surface area (Å²) in [6, 6.07) is 10.4. The zero-order valence-electron chi connectivity index (χ0n) is 18.6. The normalized spacial score (nSPS) is 15.9. The maximum atomic E-state index is 14.1. The molecule has 0 saturated carbocycles. The third kappa shape index (κ3) is 3.94. The van der Waals surface area contributed by atoms with Crippen molar-refractivity contribution in [2.24, 2.45) is 0 Å². The average Bonchev–Trinajstić information content (AvgIpc) is 3.59. The van der Waals surface area contributed by atoms with Gasteiger partial charge in [0, 0.05) is 11.8 Å². The third-order valence-corrected chi connectivity index (χ3v) is 6.65. The Hall–Kier alpha value is -3.66. The molecule has 1 N–H and O–H groups in total. The van der Waals surface area contributed by atoms with Gasteiger partial charge in [-0.2, -0.15) is 5.10 Å². The van der Waals surface area contributed by atoms with Gasteiger partial charge in [-0.25, -0.2) is 14.1 Å². The Labute approximate surface area is 199 Å². The van der Waals surface area contributed by atoms with Crippen LogP contribution < -0.4 is 5.32 Å². The maximum absolute atomic E-state index is 14.1. The topological polar surface area (TPSA) is 93.3 Å². The van der Waals surface area contributed by atoms with Crippen molar-refractivity contribution in [3.8, 4) is 11.5 Å². The minimum Gasteiger partial charge on any atom is -0.463 e. The number of hydrogen-bond donors (Lipinski definition) is 1. The highest BCUT2D eigenvalue weighted by molar-refractivity contribution is 7.99. The van der Waals surface area contributed by atoms with E-state index in [1.165, 1.54) is 28.8 Å². The Kier molecular flexibility index (Phi) is 5.82. The van der Waals surface area contributed by atoms with Crippen LogP contribution >= 0.6 is 11.8 Å². The van der Waals surface area contributed by atoms with E-state index in [4.69, 9.17) is 9.40 Å². The summed E-state index contributed by atoms with van der Waals surface area (Å²) in [4.78, 5) is 33.0. The number of pyridine rings is 1. The highest BCUT2D eigenvalue weighted by Crippen LogP contribution is 2.31. The van der Waals surface area contributed by atoms with Crippen molar-refractivity contribution in [3.05, 3.63) is 66.3 Å². The van der Waals surface area contributed by atoms with Crippen molar-refractivity contribution in [1.29, 1.82) is 0 Å². The van der Waals surface area contributed by atoms with E-state index < -0.39 is 17.8 Å². The van der Waals surface area contributed by atoms with Gasteiger partial charge < -0.3 is 14.6 Å². The molecule has 1 unspecified atom stereocenters. The number of aromatic nitrogens is 3. The number of benzene rings is 1. The van der Waals surface area contributed by atoms with Crippen molar-refractivity contribution in [1.82, 2.24) is 19.7 Å². The van der Waals surface area contributed by atoms with Crippen LogP contribution in [0.1, 0.15) is 30.2 Å². The van der Waals surface area contributed by atoms with Gasteiger partial charge >= 0.3 is 0 Å². The molecule has 10 heteroatoms. The number of anilines is 1. The lowest BCUT2D eigenvalue weighted by molar-refractivity contribution is -0.119. The molecule has 1 fully saturated rings. The van der Waals surface area contributed by atoms with Crippen molar-refractivity contribution in [2.75, 3.05) is 16.9 Å². The second-order valence-electron chi connectivity index (χ2n) is 8.21.